The first-order chi connectivity index (χ1) is 19.1. The maximum absolute atomic E-state index is 13.5. The van der Waals surface area contributed by atoms with Gasteiger partial charge < -0.3 is 10.0 Å². The van der Waals surface area contributed by atoms with Gasteiger partial charge in [-0.1, -0.05) is 36.5 Å². The van der Waals surface area contributed by atoms with Gasteiger partial charge in [-0.25, -0.2) is 16.8 Å². The van der Waals surface area contributed by atoms with Crippen LogP contribution >= 0.6 is 12.2 Å². The smallest absolute Gasteiger partial charge is 0.376 e. The number of aliphatic hydroxyl groups is 1. The molecule has 9 nitrogen and oxygen atoms in total. The number of halogens is 3. The predicted octanol–water partition coefficient (Wildman–Crippen LogP) is 3.21. The van der Waals surface area contributed by atoms with Crippen molar-refractivity contribution >= 4 is 42.8 Å². The average Bonchev–Trinajstić information content (AvgIpc) is 2.93. The first-order valence-corrected chi connectivity index (χ1v) is 15.8. The molecule has 1 unspecified atom stereocenters. The normalized spacial score (nSPS) is 20.7. The summed E-state index contributed by atoms with van der Waals surface area (Å²) in [5.41, 5.74) is -3.00. The van der Waals surface area contributed by atoms with Gasteiger partial charge in [0.25, 0.3) is 0 Å². The Hall–Kier alpha value is -2.69. The number of aromatic nitrogens is 1. The molecule has 15 heteroatoms. The summed E-state index contributed by atoms with van der Waals surface area (Å²) in [6, 6.07) is 7.24. The molecule has 41 heavy (non-hydrogen) atoms. The maximum Gasteiger partial charge on any atom is 0.421 e. The van der Waals surface area contributed by atoms with Crippen LogP contribution in [-0.2, 0) is 25.6 Å². The quantitative estimate of drug-likeness (QED) is 0.443. The van der Waals surface area contributed by atoms with Crippen LogP contribution in [0.15, 0.2) is 76.8 Å². The Labute approximate surface area is 242 Å². The molecule has 1 aliphatic carbocycles. The summed E-state index contributed by atoms with van der Waals surface area (Å²) in [6.45, 7) is 0.557. The lowest BCUT2D eigenvalue weighted by atomic mass is 9.95. The highest BCUT2D eigenvalue weighted by molar-refractivity contribution is 7.96. The summed E-state index contributed by atoms with van der Waals surface area (Å²) < 4.78 is 96.0. The van der Waals surface area contributed by atoms with Gasteiger partial charge in [-0.05, 0) is 42.8 Å². The second-order valence-corrected chi connectivity index (χ2v) is 14.3. The lowest BCUT2D eigenvalue weighted by Gasteiger charge is -2.43. The Morgan fingerprint density at radius 3 is 2.39 bits per heavy atom. The summed E-state index contributed by atoms with van der Waals surface area (Å²) in [6.07, 6.45) is 2.85. The van der Waals surface area contributed by atoms with Gasteiger partial charge in [-0.3, -0.25) is 4.98 Å². The molecule has 2 aromatic rings. The number of rotatable bonds is 8. The molecular formula is C26H29F3N4O5S3. The molecule has 1 fully saturated rings. The highest BCUT2D eigenvalue weighted by atomic mass is 32.2. The van der Waals surface area contributed by atoms with Gasteiger partial charge in [-0.2, -0.15) is 21.8 Å². The molecule has 1 saturated heterocycles. The van der Waals surface area contributed by atoms with Gasteiger partial charge in [0.15, 0.2) is 5.60 Å². The van der Waals surface area contributed by atoms with Crippen LogP contribution in [0.25, 0.3) is 0 Å². The van der Waals surface area contributed by atoms with Crippen molar-refractivity contribution in [1.82, 2.24) is 13.6 Å². The third-order valence-corrected chi connectivity index (χ3v) is 11.4. The molecule has 1 aromatic carbocycles. The van der Waals surface area contributed by atoms with E-state index in [0.29, 0.717) is 19.0 Å². The molecule has 2 aliphatic rings. The van der Waals surface area contributed by atoms with E-state index in [9.17, 15) is 35.1 Å². The van der Waals surface area contributed by atoms with Crippen LogP contribution in [-0.4, -0.2) is 85.8 Å². The van der Waals surface area contributed by atoms with E-state index in [1.807, 2.05) is 0 Å². The van der Waals surface area contributed by atoms with Crippen LogP contribution in [0.2, 0.25) is 0 Å². The first-order valence-electron chi connectivity index (χ1n) is 12.5. The molecular weight excluding hydrogens is 602 g/mol. The van der Waals surface area contributed by atoms with Crippen molar-refractivity contribution < 1.29 is 35.1 Å². The average molecular weight is 631 g/mol. The zero-order valence-corrected chi connectivity index (χ0v) is 24.6. The van der Waals surface area contributed by atoms with E-state index in [-0.39, 0.29) is 46.4 Å². The van der Waals surface area contributed by atoms with Gasteiger partial charge >= 0.3 is 6.18 Å². The number of hydrogen-bond donors (Lipinski definition) is 1. The monoisotopic (exact) mass is 630 g/mol. The van der Waals surface area contributed by atoms with Crippen LogP contribution < -0.4 is 4.90 Å². The Bertz CT molecular complexity index is 1560. The minimum atomic E-state index is -4.90. The number of benzene rings is 1. The van der Waals surface area contributed by atoms with E-state index in [4.69, 9.17) is 12.2 Å². The molecule has 2 atom stereocenters. The Balaban J connectivity index is 1.67. The van der Waals surface area contributed by atoms with E-state index in [2.05, 4.69) is 4.98 Å². The Morgan fingerprint density at radius 1 is 1.12 bits per heavy atom. The number of anilines is 1. The first kappa shape index (κ1) is 31.3. The Morgan fingerprint density at radius 2 is 1.80 bits per heavy atom. The number of alkyl halides is 3. The van der Waals surface area contributed by atoms with Crippen LogP contribution in [0.3, 0.4) is 0 Å². The molecule has 222 valence electrons. The molecule has 0 radical (unpaired) electrons. The summed E-state index contributed by atoms with van der Waals surface area (Å²) in [4.78, 5) is 5.85. The third kappa shape index (κ3) is 6.24. The van der Waals surface area contributed by atoms with Gasteiger partial charge in [0.05, 0.1) is 10.9 Å². The number of hydrogen-bond acceptors (Lipinski definition) is 8. The minimum Gasteiger partial charge on any atom is -0.376 e. The molecule has 0 bridgehead atoms. The number of piperazine rings is 1. The number of thiocarbonyl (C=S) groups is 1. The standard InChI is InChI=1S/C26H29F3N4O5S3/c1-25(34,26(27,28)29)19-9-11-20(12-10-19)33-15-14-32(41(37,38)24-8-4-3-7-23(24)39)18-21(33)17-31(2)40(35,36)22-6-5-13-30-16-22/h3-6,8-13,16,21,34H,7,14-15,17-18H2,1-2H3/t21-,25?/m0/s1. The van der Waals surface area contributed by atoms with E-state index in [0.717, 1.165) is 16.4 Å². The van der Waals surface area contributed by atoms with Crippen molar-refractivity contribution in [2.45, 2.75) is 36.1 Å². The molecule has 0 spiro atoms. The second-order valence-electron chi connectivity index (χ2n) is 9.89. The highest BCUT2D eigenvalue weighted by Gasteiger charge is 2.51. The zero-order valence-electron chi connectivity index (χ0n) is 22.2. The van der Waals surface area contributed by atoms with Crippen molar-refractivity contribution in [3.05, 3.63) is 77.5 Å². The molecule has 0 amide bonds. The van der Waals surface area contributed by atoms with E-state index >= 15 is 0 Å². The lowest BCUT2D eigenvalue weighted by Crippen LogP contribution is -2.58. The van der Waals surface area contributed by atoms with Gasteiger partial charge in [0, 0.05) is 62.6 Å². The molecule has 1 N–H and O–H groups in total. The number of nitrogens with zero attached hydrogens (tertiary/aromatic N) is 4. The minimum absolute atomic E-state index is 0.0114. The third-order valence-electron chi connectivity index (χ3n) is 7.15. The summed E-state index contributed by atoms with van der Waals surface area (Å²) in [5, 5.41) is 10.1. The molecule has 0 saturated carbocycles. The topological polar surface area (TPSA) is 111 Å². The SMILES string of the molecule is CN(C[C@H]1CN(S(=O)(=O)C2=CC=CCC2=S)CCN1c1ccc(C(C)(O)C(F)(F)F)cc1)S(=O)(=O)c1cccnc1. The molecule has 2 heterocycles. The van der Waals surface area contributed by atoms with Crippen molar-refractivity contribution in [2.75, 3.05) is 38.1 Å². The largest absolute Gasteiger partial charge is 0.421 e. The predicted molar refractivity (Wildman–Crippen MR) is 152 cm³/mol. The maximum atomic E-state index is 13.5. The fourth-order valence-corrected chi connectivity index (χ4v) is 7.89. The number of sulfonamides is 2. The van der Waals surface area contributed by atoms with Crippen LogP contribution in [0.5, 0.6) is 0 Å². The fourth-order valence-electron chi connectivity index (χ4n) is 4.65. The van der Waals surface area contributed by atoms with Gasteiger partial charge in [-0.15, -0.1) is 0 Å². The second kappa shape index (κ2) is 11.5. The fraction of sp³-hybridized carbons (Fsp3) is 0.385. The number of pyridine rings is 1. The van der Waals surface area contributed by atoms with E-state index in [1.165, 1.54) is 54.1 Å². The molecule has 4 rings (SSSR count). The molecule has 1 aromatic heterocycles. The number of allylic oxidation sites excluding steroid dienone is 4. The van der Waals surface area contributed by atoms with E-state index in [1.54, 1.807) is 17.1 Å². The zero-order chi connectivity index (χ0) is 30.2. The van der Waals surface area contributed by atoms with Crippen molar-refractivity contribution in [1.29, 1.82) is 0 Å². The lowest BCUT2D eigenvalue weighted by molar-refractivity contribution is -0.258. The van der Waals surface area contributed by atoms with Gasteiger partial charge in [0.1, 0.15) is 4.90 Å². The van der Waals surface area contributed by atoms with Crippen LogP contribution in [0, 0.1) is 0 Å². The number of likely N-dealkylation sites (N-methyl/N-ethyl adjacent to an activating group) is 1. The van der Waals surface area contributed by atoms with Crippen LogP contribution in [0.1, 0.15) is 18.9 Å². The van der Waals surface area contributed by atoms with Crippen molar-refractivity contribution in [2.24, 2.45) is 0 Å². The van der Waals surface area contributed by atoms with E-state index < -0.39 is 37.9 Å². The Kier molecular flexibility index (Phi) is 8.79. The van der Waals surface area contributed by atoms with Crippen molar-refractivity contribution in [3.63, 3.8) is 0 Å². The highest BCUT2D eigenvalue weighted by Crippen LogP contribution is 2.39. The summed E-state index contributed by atoms with van der Waals surface area (Å²) in [7, 11) is -6.63. The van der Waals surface area contributed by atoms with Crippen molar-refractivity contribution in [3.8, 4) is 0 Å². The van der Waals surface area contributed by atoms with Gasteiger partial charge in [0.2, 0.25) is 20.0 Å². The summed E-state index contributed by atoms with van der Waals surface area (Å²) >= 11 is 5.29. The van der Waals surface area contributed by atoms with Crippen LogP contribution in [0.4, 0.5) is 18.9 Å². The summed E-state index contributed by atoms with van der Waals surface area (Å²) in [5.74, 6) is 0. The molecule has 1 aliphatic heterocycles.